The highest BCUT2D eigenvalue weighted by Crippen LogP contribution is 2.24. The van der Waals surface area contributed by atoms with Gasteiger partial charge < -0.3 is 15.0 Å². The number of anilines is 1. The average Bonchev–Trinajstić information content (AvgIpc) is 3.10. The van der Waals surface area contributed by atoms with Gasteiger partial charge in [-0.25, -0.2) is 4.98 Å². The van der Waals surface area contributed by atoms with Crippen molar-refractivity contribution in [2.24, 2.45) is 0 Å². The number of para-hydroxylation sites is 1. The summed E-state index contributed by atoms with van der Waals surface area (Å²) in [6.07, 6.45) is 1.18. The Hall–Kier alpha value is -2.28. The van der Waals surface area contributed by atoms with Crippen LogP contribution in [0.4, 0.5) is 5.69 Å². The lowest BCUT2D eigenvalue weighted by Crippen LogP contribution is -3.19. The molecule has 0 spiro atoms. The number of thiazole rings is 1. The van der Waals surface area contributed by atoms with E-state index in [4.69, 9.17) is 9.72 Å². The third-order valence-corrected chi connectivity index (χ3v) is 6.52. The van der Waals surface area contributed by atoms with Crippen molar-refractivity contribution in [1.29, 1.82) is 0 Å². The Bertz CT molecular complexity index is 942. The number of amides is 1. The number of hydrogen-bond acceptors (Lipinski definition) is 4. The van der Waals surface area contributed by atoms with Crippen molar-refractivity contribution in [1.82, 2.24) is 4.98 Å². The number of morpholine rings is 1. The molecule has 1 aliphatic heterocycles. The van der Waals surface area contributed by atoms with Crippen LogP contribution in [0.25, 0.3) is 10.2 Å². The summed E-state index contributed by atoms with van der Waals surface area (Å²) in [5, 5.41) is 4.17. The van der Waals surface area contributed by atoms with Gasteiger partial charge >= 0.3 is 0 Å². The lowest BCUT2D eigenvalue weighted by atomic mass is 10.1. The molecule has 0 radical (unpaired) electrons. The largest absolute Gasteiger partial charge is 0.364 e. The molecule has 2 heterocycles. The Morgan fingerprint density at radius 2 is 1.86 bits per heavy atom. The molecule has 4 rings (SSSR count). The predicted molar refractivity (Wildman–Crippen MR) is 118 cm³/mol. The zero-order valence-electron chi connectivity index (χ0n) is 17.1. The van der Waals surface area contributed by atoms with Gasteiger partial charge in [-0.2, -0.15) is 0 Å². The fourth-order valence-corrected chi connectivity index (χ4v) is 4.98. The van der Waals surface area contributed by atoms with Crippen molar-refractivity contribution in [2.75, 3.05) is 18.4 Å². The summed E-state index contributed by atoms with van der Waals surface area (Å²) >= 11 is 1.73. The van der Waals surface area contributed by atoms with E-state index in [1.54, 1.807) is 11.3 Å². The maximum Gasteiger partial charge on any atom is 0.282 e. The Morgan fingerprint density at radius 1 is 1.17 bits per heavy atom. The third kappa shape index (κ3) is 4.83. The van der Waals surface area contributed by atoms with Crippen molar-refractivity contribution < 1.29 is 14.4 Å². The molecule has 1 amide bonds. The molecule has 5 nitrogen and oxygen atoms in total. The van der Waals surface area contributed by atoms with Crippen molar-refractivity contribution in [3.63, 3.8) is 0 Å². The summed E-state index contributed by atoms with van der Waals surface area (Å²) in [4.78, 5) is 18.7. The smallest absolute Gasteiger partial charge is 0.282 e. The Balaban J connectivity index is 1.36. The van der Waals surface area contributed by atoms with Gasteiger partial charge in [0, 0.05) is 12.1 Å². The number of nitrogens with one attached hydrogen (secondary N) is 2. The van der Waals surface area contributed by atoms with Crippen molar-refractivity contribution in [3.05, 3.63) is 59.1 Å². The van der Waals surface area contributed by atoms with Crippen LogP contribution < -0.4 is 10.2 Å². The predicted octanol–water partition coefficient (Wildman–Crippen LogP) is 2.91. The minimum absolute atomic E-state index is 0.0558. The molecule has 0 saturated carbocycles. The van der Waals surface area contributed by atoms with Crippen LogP contribution in [-0.4, -0.2) is 42.2 Å². The van der Waals surface area contributed by atoms with Gasteiger partial charge in [0.15, 0.2) is 6.04 Å². The average molecular weight is 411 g/mol. The monoisotopic (exact) mass is 410 g/mol. The molecule has 0 unspecified atom stereocenters. The quantitative estimate of drug-likeness (QED) is 0.680. The number of hydrogen-bond donors (Lipinski definition) is 2. The van der Waals surface area contributed by atoms with Crippen LogP contribution >= 0.6 is 11.3 Å². The summed E-state index contributed by atoms with van der Waals surface area (Å²) in [6, 6.07) is 16.2. The molecule has 0 bridgehead atoms. The highest BCUT2D eigenvalue weighted by Gasteiger charge is 2.32. The minimum atomic E-state index is -0.105. The van der Waals surface area contributed by atoms with E-state index in [2.05, 4.69) is 37.4 Å². The molecule has 1 fully saturated rings. The van der Waals surface area contributed by atoms with E-state index in [1.807, 2.05) is 37.3 Å². The number of nitrogens with zero attached hydrogens (tertiary/aromatic N) is 1. The molecule has 2 aromatic carbocycles. The van der Waals surface area contributed by atoms with Crippen LogP contribution in [0.3, 0.4) is 0 Å². The first-order chi connectivity index (χ1) is 14.0. The second-order valence-corrected chi connectivity index (χ2v) is 9.10. The highest BCUT2D eigenvalue weighted by molar-refractivity contribution is 7.18. The third-order valence-electron chi connectivity index (χ3n) is 5.48. The van der Waals surface area contributed by atoms with Crippen molar-refractivity contribution in [3.8, 4) is 0 Å². The number of fused-ring (bicyclic) bond motifs is 1. The van der Waals surface area contributed by atoms with Crippen LogP contribution in [0.5, 0.6) is 0 Å². The Morgan fingerprint density at radius 3 is 2.55 bits per heavy atom. The van der Waals surface area contributed by atoms with Gasteiger partial charge in [-0.3, -0.25) is 4.79 Å². The molecule has 29 heavy (non-hydrogen) atoms. The number of quaternary nitrogens is 1. The van der Waals surface area contributed by atoms with Crippen molar-refractivity contribution >= 4 is 33.1 Å². The van der Waals surface area contributed by atoms with Gasteiger partial charge in [0.1, 0.15) is 25.3 Å². The molecule has 0 aliphatic carbocycles. The number of ether oxygens (including phenoxy) is 1. The molecular weight excluding hydrogens is 382 g/mol. The Kier molecular flexibility index (Phi) is 5.94. The maximum absolute atomic E-state index is 12.7. The molecule has 3 atom stereocenters. The van der Waals surface area contributed by atoms with Gasteiger partial charge in [-0.05, 0) is 50.6 Å². The lowest BCUT2D eigenvalue weighted by molar-refractivity contribution is -0.928. The first-order valence-electron chi connectivity index (χ1n) is 10.2. The number of carbonyl (C=O) groups excluding carboxylic acids is 1. The first-order valence-corrected chi connectivity index (χ1v) is 11.0. The molecule has 6 heteroatoms. The zero-order valence-corrected chi connectivity index (χ0v) is 18.0. The second kappa shape index (κ2) is 8.61. The number of carbonyl (C=O) groups is 1. The fraction of sp³-hybridized carbons (Fsp3) is 0.391. The topological polar surface area (TPSA) is 55.7 Å². The summed E-state index contributed by atoms with van der Waals surface area (Å²) in [5.74, 6) is 0.0558. The van der Waals surface area contributed by atoms with Gasteiger partial charge in [-0.1, -0.05) is 24.3 Å². The zero-order chi connectivity index (χ0) is 20.4. The van der Waals surface area contributed by atoms with Crippen LogP contribution in [-0.2, 0) is 16.0 Å². The SMILES string of the molecule is C[C@H]1C[NH+]([C@@H](C)C(=O)Nc2ccc(Cc3nc4ccccc4s3)cc2)C[C@H](C)O1. The van der Waals surface area contributed by atoms with E-state index < -0.39 is 0 Å². The standard InChI is InChI=1S/C23H27N3O2S/c1-15-13-26(14-16(2)28-15)17(3)23(27)24-19-10-8-18(9-11-19)12-22-25-20-6-4-5-7-21(20)29-22/h4-11,15-17H,12-14H2,1-3H3,(H,24,27)/p+1/t15-,16-,17-/m0/s1. The number of rotatable bonds is 5. The second-order valence-electron chi connectivity index (χ2n) is 7.98. The summed E-state index contributed by atoms with van der Waals surface area (Å²) in [5.41, 5.74) is 3.08. The van der Waals surface area contributed by atoms with Crippen molar-refractivity contribution in [2.45, 2.75) is 45.4 Å². The summed E-state index contributed by atoms with van der Waals surface area (Å²) in [7, 11) is 0. The molecule has 1 aliphatic rings. The van der Waals surface area contributed by atoms with Gasteiger partial charge in [-0.15, -0.1) is 11.3 Å². The molecule has 3 aromatic rings. The van der Waals surface area contributed by atoms with E-state index in [9.17, 15) is 4.79 Å². The van der Waals surface area contributed by atoms with Crippen LogP contribution in [0, 0.1) is 0 Å². The van der Waals surface area contributed by atoms with E-state index in [-0.39, 0.29) is 24.2 Å². The molecule has 1 aromatic heterocycles. The van der Waals surface area contributed by atoms with E-state index in [1.165, 1.54) is 15.2 Å². The number of benzene rings is 2. The van der Waals surface area contributed by atoms with E-state index in [0.717, 1.165) is 35.7 Å². The fourth-order valence-electron chi connectivity index (χ4n) is 3.98. The molecule has 2 N–H and O–H groups in total. The van der Waals surface area contributed by atoms with Gasteiger partial charge in [0.05, 0.1) is 15.2 Å². The summed E-state index contributed by atoms with van der Waals surface area (Å²) < 4.78 is 7.01. The Labute approximate surface area is 175 Å². The van der Waals surface area contributed by atoms with Crippen LogP contribution in [0.2, 0.25) is 0 Å². The molecule has 1 saturated heterocycles. The first kappa shape index (κ1) is 20.0. The minimum Gasteiger partial charge on any atom is -0.364 e. The molecular formula is C23H28N3O2S+. The van der Waals surface area contributed by atoms with Gasteiger partial charge in [0.25, 0.3) is 5.91 Å². The highest BCUT2D eigenvalue weighted by atomic mass is 32.1. The summed E-state index contributed by atoms with van der Waals surface area (Å²) in [6.45, 7) is 7.87. The lowest BCUT2D eigenvalue weighted by Gasteiger charge is -2.35. The normalized spacial score (nSPS) is 23.1. The number of aromatic nitrogens is 1. The maximum atomic E-state index is 12.7. The van der Waals surface area contributed by atoms with Crippen LogP contribution in [0.1, 0.15) is 31.3 Å². The molecule has 152 valence electrons. The van der Waals surface area contributed by atoms with Crippen LogP contribution in [0.15, 0.2) is 48.5 Å². The van der Waals surface area contributed by atoms with Gasteiger partial charge in [0.2, 0.25) is 0 Å². The van der Waals surface area contributed by atoms with E-state index >= 15 is 0 Å². The van der Waals surface area contributed by atoms with E-state index in [0.29, 0.717) is 0 Å².